The van der Waals surface area contributed by atoms with Crippen LogP contribution in [0.3, 0.4) is 0 Å². The first-order valence-electron chi connectivity index (χ1n) is 6.00. The number of hydrogen-bond donors (Lipinski definition) is 0. The maximum Gasteiger partial charge on any atom is 0.00643 e. The van der Waals surface area contributed by atoms with E-state index in [-0.39, 0.29) is 0 Å². The quantitative estimate of drug-likeness (QED) is 0.557. The van der Waals surface area contributed by atoms with Crippen molar-refractivity contribution in [2.75, 3.05) is 13.1 Å². The zero-order valence-electron chi connectivity index (χ0n) is 9.97. The fourth-order valence-corrected chi connectivity index (χ4v) is 1.53. The first-order valence-corrected chi connectivity index (χ1v) is 6.00. The molecule has 0 radical (unpaired) electrons. The van der Waals surface area contributed by atoms with Gasteiger partial charge in [-0.15, -0.1) is 0 Å². The molecule has 0 unspecified atom stereocenters. The third kappa shape index (κ3) is 6.09. The van der Waals surface area contributed by atoms with Crippen molar-refractivity contribution in [3.63, 3.8) is 0 Å². The summed E-state index contributed by atoms with van der Waals surface area (Å²) in [7, 11) is 0. The summed E-state index contributed by atoms with van der Waals surface area (Å²) in [5.74, 6) is 0. The van der Waals surface area contributed by atoms with Crippen molar-refractivity contribution < 1.29 is 0 Å². The van der Waals surface area contributed by atoms with Gasteiger partial charge in [0, 0.05) is 6.04 Å². The van der Waals surface area contributed by atoms with Crippen LogP contribution in [-0.2, 0) is 0 Å². The summed E-state index contributed by atoms with van der Waals surface area (Å²) in [4.78, 5) is 2.65. The second-order valence-corrected chi connectivity index (χ2v) is 4.00. The van der Waals surface area contributed by atoms with Crippen molar-refractivity contribution >= 4 is 0 Å². The SMILES string of the molecule is CCCCN(CCCC)[C@H](C)CC. The fraction of sp³-hybridized carbons (Fsp3) is 1.00. The van der Waals surface area contributed by atoms with Crippen LogP contribution in [0, 0.1) is 0 Å². The molecule has 0 N–H and O–H groups in total. The summed E-state index contributed by atoms with van der Waals surface area (Å²) in [5, 5.41) is 0. The number of rotatable bonds is 8. The maximum absolute atomic E-state index is 2.65. The number of hydrogen-bond acceptors (Lipinski definition) is 1. The molecular weight excluding hydrogens is 158 g/mol. The molecule has 0 heterocycles. The van der Waals surface area contributed by atoms with E-state index in [1.807, 2.05) is 0 Å². The van der Waals surface area contributed by atoms with Crippen molar-refractivity contribution in [1.82, 2.24) is 4.90 Å². The van der Waals surface area contributed by atoms with Crippen molar-refractivity contribution in [1.29, 1.82) is 0 Å². The molecule has 0 aliphatic carbocycles. The normalized spacial score (nSPS) is 13.6. The Balaban J connectivity index is 3.72. The van der Waals surface area contributed by atoms with Gasteiger partial charge >= 0.3 is 0 Å². The Hall–Kier alpha value is -0.0400. The summed E-state index contributed by atoms with van der Waals surface area (Å²) in [5.41, 5.74) is 0. The van der Waals surface area contributed by atoms with Gasteiger partial charge < -0.3 is 4.90 Å². The van der Waals surface area contributed by atoms with Crippen LogP contribution < -0.4 is 0 Å². The van der Waals surface area contributed by atoms with Gasteiger partial charge in [0.2, 0.25) is 0 Å². The highest BCUT2D eigenvalue weighted by molar-refractivity contribution is 4.65. The first-order chi connectivity index (χ1) is 6.26. The van der Waals surface area contributed by atoms with Crippen LogP contribution in [0.2, 0.25) is 0 Å². The monoisotopic (exact) mass is 185 g/mol. The highest BCUT2D eigenvalue weighted by Crippen LogP contribution is 2.07. The lowest BCUT2D eigenvalue weighted by Gasteiger charge is -2.28. The van der Waals surface area contributed by atoms with E-state index in [2.05, 4.69) is 32.6 Å². The van der Waals surface area contributed by atoms with Crippen molar-refractivity contribution in [3.05, 3.63) is 0 Å². The average Bonchev–Trinajstić information content (AvgIpc) is 2.17. The van der Waals surface area contributed by atoms with Crippen molar-refractivity contribution in [2.45, 2.75) is 65.8 Å². The molecule has 0 saturated carbocycles. The van der Waals surface area contributed by atoms with E-state index in [0.29, 0.717) is 0 Å². The first kappa shape index (κ1) is 13.0. The van der Waals surface area contributed by atoms with Crippen LogP contribution in [-0.4, -0.2) is 24.0 Å². The van der Waals surface area contributed by atoms with Gasteiger partial charge in [0.15, 0.2) is 0 Å². The highest BCUT2D eigenvalue weighted by Gasteiger charge is 2.09. The molecule has 80 valence electrons. The maximum atomic E-state index is 2.65. The molecule has 0 fully saturated rings. The summed E-state index contributed by atoms with van der Waals surface area (Å²) in [6.07, 6.45) is 6.63. The number of nitrogens with zero attached hydrogens (tertiary/aromatic N) is 1. The second kappa shape index (κ2) is 8.55. The van der Waals surface area contributed by atoms with Gasteiger partial charge in [-0.3, -0.25) is 0 Å². The van der Waals surface area contributed by atoms with Crippen LogP contribution >= 0.6 is 0 Å². The van der Waals surface area contributed by atoms with Gasteiger partial charge in [-0.05, 0) is 39.3 Å². The van der Waals surface area contributed by atoms with E-state index >= 15 is 0 Å². The smallest absolute Gasteiger partial charge is 0.00643 e. The molecule has 0 aromatic rings. The summed E-state index contributed by atoms with van der Waals surface area (Å²) >= 11 is 0. The van der Waals surface area contributed by atoms with Crippen molar-refractivity contribution in [2.24, 2.45) is 0 Å². The molecule has 0 aromatic heterocycles. The van der Waals surface area contributed by atoms with Gasteiger partial charge in [-0.1, -0.05) is 33.6 Å². The van der Waals surface area contributed by atoms with Crippen LogP contribution in [0.15, 0.2) is 0 Å². The van der Waals surface area contributed by atoms with Gasteiger partial charge in [-0.2, -0.15) is 0 Å². The molecule has 0 aromatic carbocycles. The topological polar surface area (TPSA) is 3.24 Å². The zero-order chi connectivity index (χ0) is 10.1. The second-order valence-electron chi connectivity index (χ2n) is 4.00. The minimum Gasteiger partial charge on any atom is -0.301 e. The lowest BCUT2D eigenvalue weighted by molar-refractivity contribution is 0.198. The van der Waals surface area contributed by atoms with Crippen molar-refractivity contribution in [3.8, 4) is 0 Å². The van der Waals surface area contributed by atoms with Gasteiger partial charge in [0.25, 0.3) is 0 Å². The Morgan fingerprint density at radius 1 is 0.923 bits per heavy atom. The molecule has 0 rings (SSSR count). The predicted molar refractivity (Wildman–Crippen MR) is 61.1 cm³/mol. The molecular formula is C12H27N. The van der Waals surface area contributed by atoms with E-state index in [1.165, 1.54) is 45.2 Å². The number of unbranched alkanes of at least 4 members (excludes halogenated alkanes) is 2. The Kier molecular flexibility index (Phi) is 8.53. The highest BCUT2D eigenvalue weighted by atomic mass is 15.1. The Bertz CT molecular complexity index is 93.3. The molecule has 0 aliphatic rings. The molecule has 1 heteroatoms. The third-order valence-electron chi connectivity index (χ3n) is 2.81. The van der Waals surface area contributed by atoms with Crippen LogP contribution in [0.25, 0.3) is 0 Å². The average molecular weight is 185 g/mol. The Labute approximate surface area is 84.5 Å². The minimum absolute atomic E-state index is 0.776. The lowest BCUT2D eigenvalue weighted by Crippen LogP contribution is -2.34. The van der Waals surface area contributed by atoms with E-state index < -0.39 is 0 Å². The molecule has 0 amide bonds. The minimum atomic E-state index is 0.776. The molecule has 1 atom stereocenters. The Morgan fingerprint density at radius 3 is 1.69 bits per heavy atom. The molecule has 0 bridgehead atoms. The van der Waals surface area contributed by atoms with E-state index in [0.717, 1.165) is 6.04 Å². The molecule has 0 aliphatic heterocycles. The van der Waals surface area contributed by atoms with Gasteiger partial charge in [0.05, 0.1) is 0 Å². The fourth-order valence-electron chi connectivity index (χ4n) is 1.53. The predicted octanol–water partition coefficient (Wildman–Crippen LogP) is 3.69. The van der Waals surface area contributed by atoms with E-state index in [1.54, 1.807) is 0 Å². The standard InChI is InChI=1S/C12H27N/c1-5-8-10-13(11-9-6-2)12(4)7-3/h12H,5-11H2,1-4H3/t12-/m1/s1. The van der Waals surface area contributed by atoms with Crippen LogP contribution in [0.5, 0.6) is 0 Å². The summed E-state index contributed by atoms with van der Waals surface area (Å²) < 4.78 is 0. The van der Waals surface area contributed by atoms with Crippen LogP contribution in [0.1, 0.15) is 59.8 Å². The van der Waals surface area contributed by atoms with E-state index in [4.69, 9.17) is 0 Å². The van der Waals surface area contributed by atoms with Gasteiger partial charge in [0.1, 0.15) is 0 Å². The molecule has 0 spiro atoms. The summed E-state index contributed by atoms with van der Waals surface area (Å²) in [6.45, 7) is 11.8. The molecule has 1 nitrogen and oxygen atoms in total. The molecule has 0 saturated heterocycles. The third-order valence-corrected chi connectivity index (χ3v) is 2.81. The molecule has 13 heavy (non-hydrogen) atoms. The summed E-state index contributed by atoms with van der Waals surface area (Å²) in [6, 6.07) is 0.776. The van der Waals surface area contributed by atoms with Gasteiger partial charge in [-0.25, -0.2) is 0 Å². The zero-order valence-corrected chi connectivity index (χ0v) is 9.97. The Morgan fingerprint density at radius 2 is 1.38 bits per heavy atom. The van der Waals surface area contributed by atoms with Crippen LogP contribution in [0.4, 0.5) is 0 Å². The largest absolute Gasteiger partial charge is 0.301 e. The lowest BCUT2D eigenvalue weighted by atomic mass is 10.2. The van der Waals surface area contributed by atoms with E-state index in [9.17, 15) is 0 Å².